The van der Waals surface area contributed by atoms with E-state index in [4.69, 9.17) is 18.9 Å². The van der Waals surface area contributed by atoms with Crippen molar-refractivity contribution in [2.75, 3.05) is 48.1 Å². The van der Waals surface area contributed by atoms with Gasteiger partial charge >= 0.3 is 0 Å². The third-order valence-electron chi connectivity index (χ3n) is 11.6. The fraction of sp³-hybridized carbons (Fsp3) is 1.00. The van der Waals surface area contributed by atoms with Crippen molar-refractivity contribution >= 4 is 0 Å². The van der Waals surface area contributed by atoms with E-state index in [9.17, 15) is 15.3 Å². The van der Waals surface area contributed by atoms with Gasteiger partial charge in [0.15, 0.2) is 0 Å². The zero-order chi connectivity index (χ0) is 23.6. The van der Waals surface area contributed by atoms with Gasteiger partial charge in [0.2, 0.25) is 0 Å². The minimum atomic E-state index is -1.52. The van der Waals surface area contributed by atoms with Crippen molar-refractivity contribution in [2.24, 2.45) is 34.5 Å². The molecule has 8 heteroatoms. The molecule has 1 spiro atoms. The molecule has 7 bridgehead atoms. The highest BCUT2D eigenvalue weighted by atomic mass is 16.5. The molecule has 1 aliphatic heterocycles. The molecule has 13 atom stereocenters. The highest BCUT2D eigenvalue weighted by Gasteiger charge is 2.91. The molecule has 0 aromatic rings. The number of aliphatic hydroxyl groups is 3. The normalized spacial score (nSPS) is 60.9. The van der Waals surface area contributed by atoms with E-state index >= 15 is 0 Å². The lowest BCUT2D eigenvalue weighted by molar-refractivity contribution is -0.320. The SMILES string of the molecule is CCN1C[C@]2(CO)CC[C@H](OC)[C@]34[C@@H]5C[C@H]6[C@H](OC)[C@@H]5[C@](O)(C[C@@H]6OC)[C@](O)([C@H]13)[C@@H](OC)[C@H]24. The summed E-state index contributed by atoms with van der Waals surface area (Å²) >= 11 is 0. The highest BCUT2D eigenvalue weighted by Crippen LogP contribution is 2.80. The largest absolute Gasteiger partial charge is 0.396 e. The predicted molar refractivity (Wildman–Crippen MR) is 119 cm³/mol. The number of methoxy groups -OCH3 is 4. The molecule has 1 heterocycles. The van der Waals surface area contributed by atoms with Crippen LogP contribution >= 0.6 is 0 Å². The molecule has 0 radical (unpaired) electrons. The maximum absolute atomic E-state index is 13.0. The lowest BCUT2D eigenvalue weighted by Gasteiger charge is -2.70. The molecule has 6 fully saturated rings. The Bertz CT molecular complexity index is 814. The first-order valence-electron chi connectivity index (χ1n) is 12.7. The minimum Gasteiger partial charge on any atom is -0.396 e. The van der Waals surface area contributed by atoms with Crippen LogP contribution < -0.4 is 0 Å². The number of piperidine rings is 1. The summed E-state index contributed by atoms with van der Waals surface area (Å²) in [5, 5.41) is 36.6. The lowest BCUT2D eigenvalue weighted by Crippen LogP contribution is -2.82. The fourth-order valence-corrected chi connectivity index (χ4v) is 11.0. The monoisotopic (exact) mass is 467 g/mol. The van der Waals surface area contributed by atoms with Crippen molar-refractivity contribution in [3.8, 4) is 0 Å². The molecule has 6 aliphatic rings. The Kier molecular flexibility index (Phi) is 4.99. The Morgan fingerprint density at radius 1 is 1.03 bits per heavy atom. The van der Waals surface area contributed by atoms with Gasteiger partial charge in [-0.2, -0.15) is 0 Å². The average Bonchev–Trinajstić information content (AvgIpc) is 3.24. The Hall–Kier alpha value is -0.320. The van der Waals surface area contributed by atoms with Crippen LogP contribution in [0.4, 0.5) is 0 Å². The van der Waals surface area contributed by atoms with Crippen molar-refractivity contribution in [3.05, 3.63) is 0 Å². The van der Waals surface area contributed by atoms with Gasteiger partial charge in [0.05, 0.1) is 37.1 Å². The van der Waals surface area contributed by atoms with Gasteiger partial charge in [0.1, 0.15) is 11.2 Å². The van der Waals surface area contributed by atoms with Crippen LogP contribution in [0.15, 0.2) is 0 Å². The number of hydrogen-bond donors (Lipinski definition) is 3. The number of fused-ring (bicyclic) bond motifs is 2. The molecule has 0 aromatic heterocycles. The van der Waals surface area contributed by atoms with Crippen LogP contribution in [0.2, 0.25) is 0 Å². The van der Waals surface area contributed by atoms with Gasteiger partial charge < -0.3 is 34.3 Å². The summed E-state index contributed by atoms with van der Waals surface area (Å²) in [4.78, 5) is 2.33. The van der Waals surface area contributed by atoms with Crippen LogP contribution in [0.1, 0.15) is 32.6 Å². The van der Waals surface area contributed by atoms with Gasteiger partial charge in [0.25, 0.3) is 0 Å². The third-order valence-corrected chi connectivity index (χ3v) is 11.6. The molecule has 5 aliphatic carbocycles. The van der Waals surface area contributed by atoms with Crippen molar-refractivity contribution in [1.82, 2.24) is 4.90 Å². The summed E-state index contributed by atoms with van der Waals surface area (Å²) in [7, 11) is 6.85. The number of nitrogens with zero attached hydrogens (tertiary/aromatic N) is 1. The average molecular weight is 468 g/mol. The Morgan fingerprint density at radius 2 is 1.79 bits per heavy atom. The number of ether oxygens (including phenoxy) is 4. The standard InChI is InChI=1S/C25H41NO7/c1-6-26-11-22(12-27)8-7-16(31-3)24-14-9-13-15(30-2)10-23(28,17(14)18(13)32-4)25(29,21(24)26)20(33-5)19(22)24/h13-21,27-29H,6-12H2,1-5H3/t13-,14-,15+,16+,17-,18+,19-,20+,21-,22+,23-,24+,25-/m1/s1. The third kappa shape index (κ3) is 2.16. The summed E-state index contributed by atoms with van der Waals surface area (Å²) in [6.45, 7) is 3.59. The second-order valence-electron chi connectivity index (χ2n) is 11.8. The van der Waals surface area contributed by atoms with Crippen LogP contribution in [-0.4, -0.2) is 110 Å². The second kappa shape index (κ2) is 7.13. The molecule has 0 amide bonds. The first-order chi connectivity index (χ1) is 15.8. The van der Waals surface area contributed by atoms with E-state index in [2.05, 4.69) is 11.8 Å². The zero-order valence-electron chi connectivity index (χ0n) is 20.6. The van der Waals surface area contributed by atoms with E-state index in [0.29, 0.717) is 13.0 Å². The molecule has 188 valence electrons. The first kappa shape index (κ1) is 23.1. The topological polar surface area (TPSA) is 101 Å². The molecule has 8 nitrogen and oxygen atoms in total. The highest BCUT2D eigenvalue weighted by molar-refractivity contribution is 5.41. The quantitative estimate of drug-likeness (QED) is 0.512. The van der Waals surface area contributed by atoms with Crippen LogP contribution in [-0.2, 0) is 18.9 Å². The van der Waals surface area contributed by atoms with Gasteiger partial charge in [-0.3, -0.25) is 4.90 Å². The van der Waals surface area contributed by atoms with E-state index in [-0.39, 0.29) is 54.6 Å². The predicted octanol–water partition coefficient (Wildman–Crippen LogP) is 0.271. The molecular weight excluding hydrogens is 426 g/mol. The maximum Gasteiger partial charge on any atom is 0.136 e. The second-order valence-corrected chi connectivity index (χ2v) is 11.8. The first-order valence-corrected chi connectivity index (χ1v) is 12.7. The minimum absolute atomic E-state index is 0.0443. The molecule has 33 heavy (non-hydrogen) atoms. The number of aliphatic hydroxyl groups excluding tert-OH is 1. The summed E-state index contributed by atoms with van der Waals surface area (Å²) < 4.78 is 24.5. The molecule has 0 aromatic carbocycles. The van der Waals surface area contributed by atoms with Gasteiger partial charge in [-0.25, -0.2) is 0 Å². The molecule has 0 unspecified atom stereocenters. The van der Waals surface area contributed by atoms with E-state index in [1.165, 1.54) is 0 Å². The van der Waals surface area contributed by atoms with Crippen molar-refractivity contribution in [1.29, 1.82) is 0 Å². The van der Waals surface area contributed by atoms with Crippen molar-refractivity contribution < 1.29 is 34.3 Å². The molecule has 3 N–H and O–H groups in total. The van der Waals surface area contributed by atoms with Gasteiger partial charge in [0, 0.05) is 70.0 Å². The summed E-state index contributed by atoms with van der Waals surface area (Å²) in [6, 6.07) is -0.312. The molecule has 1 saturated heterocycles. The molecular formula is C25H41NO7. The van der Waals surface area contributed by atoms with E-state index in [0.717, 1.165) is 25.8 Å². The van der Waals surface area contributed by atoms with E-state index < -0.39 is 28.1 Å². The van der Waals surface area contributed by atoms with E-state index in [1.54, 1.807) is 28.4 Å². The molecule has 6 rings (SSSR count). The van der Waals surface area contributed by atoms with Crippen LogP contribution in [0.25, 0.3) is 0 Å². The number of rotatable bonds is 6. The van der Waals surface area contributed by atoms with Gasteiger partial charge in [-0.1, -0.05) is 6.92 Å². The Labute approximate surface area is 196 Å². The number of likely N-dealkylation sites (N-methyl/N-ethyl adjacent to an activating group) is 1. The summed E-state index contributed by atoms with van der Waals surface area (Å²) in [5.41, 5.74) is -3.78. The van der Waals surface area contributed by atoms with Crippen LogP contribution in [0.5, 0.6) is 0 Å². The number of likely N-dealkylation sites (tertiary alicyclic amines) is 1. The van der Waals surface area contributed by atoms with Crippen LogP contribution in [0.3, 0.4) is 0 Å². The summed E-state index contributed by atoms with van der Waals surface area (Å²) in [6.07, 6.45) is 1.81. The van der Waals surface area contributed by atoms with Crippen molar-refractivity contribution in [2.45, 2.75) is 74.3 Å². The van der Waals surface area contributed by atoms with Crippen molar-refractivity contribution in [3.63, 3.8) is 0 Å². The lowest BCUT2D eigenvalue weighted by atomic mass is 9.42. The molecule has 5 saturated carbocycles. The smallest absolute Gasteiger partial charge is 0.136 e. The van der Waals surface area contributed by atoms with E-state index in [1.807, 2.05) is 0 Å². The number of hydrogen-bond acceptors (Lipinski definition) is 8. The van der Waals surface area contributed by atoms with Gasteiger partial charge in [-0.15, -0.1) is 0 Å². The van der Waals surface area contributed by atoms with Gasteiger partial charge in [-0.05, 0) is 31.7 Å². The summed E-state index contributed by atoms with van der Waals surface area (Å²) in [5.74, 6) is -0.0916. The fourth-order valence-electron chi connectivity index (χ4n) is 11.0. The zero-order valence-corrected chi connectivity index (χ0v) is 20.6. The Morgan fingerprint density at radius 3 is 2.36 bits per heavy atom. The Balaban J connectivity index is 1.68. The maximum atomic E-state index is 13.0. The van der Waals surface area contributed by atoms with Crippen LogP contribution in [0, 0.1) is 34.5 Å².